The molecule has 0 aliphatic heterocycles. The predicted octanol–water partition coefficient (Wildman–Crippen LogP) is 1.80. The molecule has 0 saturated heterocycles. The number of halogens is 1. The van der Waals surface area contributed by atoms with E-state index in [0.717, 1.165) is 10.4 Å². The number of aromatic nitrogens is 3. The summed E-state index contributed by atoms with van der Waals surface area (Å²) in [4.78, 5) is 0. The van der Waals surface area contributed by atoms with Crippen molar-refractivity contribution in [2.24, 2.45) is 0 Å². The number of aryl methyl sites for hydroxylation is 1. The molecular weight excluding hydrogens is 206 g/mol. The van der Waals surface area contributed by atoms with E-state index in [1.807, 2.05) is 29.7 Å². The number of pyridine rings is 1. The summed E-state index contributed by atoms with van der Waals surface area (Å²) in [6, 6.07) is 4.00. The van der Waals surface area contributed by atoms with Gasteiger partial charge in [-0.1, -0.05) is 0 Å². The molecule has 2 aromatic heterocycles. The van der Waals surface area contributed by atoms with E-state index in [0.29, 0.717) is 0 Å². The minimum atomic E-state index is 0.743. The quantitative estimate of drug-likeness (QED) is 0.666. The van der Waals surface area contributed by atoms with E-state index < -0.39 is 0 Å². The van der Waals surface area contributed by atoms with Gasteiger partial charge < -0.3 is 0 Å². The third-order valence-corrected chi connectivity index (χ3v) is 2.06. The highest BCUT2D eigenvalue weighted by molar-refractivity contribution is 9.10. The number of hydrogen-bond acceptors (Lipinski definition) is 2. The van der Waals surface area contributed by atoms with Gasteiger partial charge in [-0.15, -0.1) is 10.2 Å². The lowest BCUT2D eigenvalue weighted by Crippen LogP contribution is -1.84. The van der Waals surface area contributed by atoms with Crippen molar-refractivity contribution in [3.05, 3.63) is 28.6 Å². The molecule has 11 heavy (non-hydrogen) atoms. The van der Waals surface area contributed by atoms with Gasteiger partial charge in [0.1, 0.15) is 0 Å². The first kappa shape index (κ1) is 6.79. The molecule has 0 bridgehead atoms. The highest BCUT2D eigenvalue weighted by Gasteiger charge is 1.99. The fraction of sp³-hybridized carbons (Fsp3) is 0.143. The Morgan fingerprint density at radius 3 is 3.09 bits per heavy atom. The standard InChI is InChI=1S/C7H6BrN3/c1-5-2-3-11-6(4-5)9-10-7(11)8/h2-4H,1H3. The summed E-state index contributed by atoms with van der Waals surface area (Å²) in [6.07, 6.45) is 1.94. The molecule has 56 valence electrons. The molecule has 0 atom stereocenters. The summed E-state index contributed by atoms with van der Waals surface area (Å²) in [7, 11) is 0. The van der Waals surface area contributed by atoms with Crippen LogP contribution in [0.5, 0.6) is 0 Å². The normalized spacial score (nSPS) is 10.7. The van der Waals surface area contributed by atoms with E-state index in [2.05, 4.69) is 26.1 Å². The zero-order valence-electron chi connectivity index (χ0n) is 5.95. The summed E-state index contributed by atoms with van der Waals surface area (Å²) < 4.78 is 2.62. The Kier molecular flexibility index (Phi) is 1.42. The maximum atomic E-state index is 3.95. The van der Waals surface area contributed by atoms with E-state index >= 15 is 0 Å². The monoisotopic (exact) mass is 211 g/mol. The molecule has 0 fully saturated rings. The summed E-state index contributed by atoms with van der Waals surface area (Å²) in [5.41, 5.74) is 2.06. The third kappa shape index (κ3) is 1.03. The van der Waals surface area contributed by atoms with Crippen LogP contribution in [0, 0.1) is 6.92 Å². The molecule has 2 heterocycles. The van der Waals surface area contributed by atoms with E-state index in [1.54, 1.807) is 0 Å². The molecular formula is C7H6BrN3. The Balaban J connectivity index is 2.86. The van der Waals surface area contributed by atoms with Crippen LogP contribution in [0.1, 0.15) is 5.56 Å². The van der Waals surface area contributed by atoms with Crippen molar-refractivity contribution >= 4 is 21.6 Å². The lowest BCUT2D eigenvalue weighted by Gasteiger charge is -1.93. The second-order valence-corrected chi connectivity index (χ2v) is 3.11. The Labute approximate surface area is 72.2 Å². The topological polar surface area (TPSA) is 30.2 Å². The highest BCUT2D eigenvalue weighted by Crippen LogP contribution is 2.10. The van der Waals surface area contributed by atoms with Crippen molar-refractivity contribution in [1.29, 1.82) is 0 Å². The number of hydrogen-bond donors (Lipinski definition) is 0. The van der Waals surface area contributed by atoms with Gasteiger partial charge in [0.05, 0.1) is 0 Å². The molecule has 0 aliphatic rings. The second-order valence-electron chi connectivity index (χ2n) is 2.40. The van der Waals surface area contributed by atoms with Gasteiger partial charge in [-0.25, -0.2) is 0 Å². The molecule has 0 amide bonds. The van der Waals surface area contributed by atoms with Gasteiger partial charge in [-0.3, -0.25) is 4.40 Å². The average Bonchev–Trinajstić information content (AvgIpc) is 2.32. The van der Waals surface area contributed by atoms with E-state index in [4.69, 9.17) is 0 Å². The van der Waals surface area contributed by atoms with Crippen molar-refractivity contribution in [1.82, 2.24) is 14.6 Å². The van der Waals surface area contributed by atoms with Crippen molar-refractivity contribution in [2.75, 3.05) is 0 Å². The molecule has 3 nitrogen and oxygen atoms in total. The molecule has 2 aromatic rings. The number of fused-ring (bicyclic) bond motifs is 1. The molecule has 0 saturated carbocycles. The maximum Gasteiger partial charge on any atom is 0.204 e. The SMILES string of the molecule is Cc1ccn2c(Br)nnc2c1. The molecule has 0 unspecified atom stereocenters. The van der Waals surface area contributed by atoms with Crippen LogP contribution in [0.25, 0.3) is 5.65 Å². The number of rotatable bonds is 0. The zero-order chi connectivity index (χ0) is 7.84. The van der Waals surface area contributed by atoms with Gasteiger partial charge in [0.25, 0.3) is 0 Å². The molecule has 0 aromatic carbocycles. The molecule has 4 heteroatoms. The van der Waals surface area contributed by atoms with Crippen LogP contribution in [0.3, 0.4) is 0 Å². The second kappa shape index (κ2) is 2.30. The first-order valence-electron chi connectivity index (χ1n) is 3.24. The van der Waals surface area contributed by atoms with Crippen LogP contribution in [-0.2, 0) is 0 Å². The van der Waals surface area contributed by atoms with Crippen molar-refractivity contribution < 1.29 is 0 Å². The Bertz CT molecular complexity index is 393. The molecule has 2 rings (SSSR count). The van der Waals surface area contributed by atoms with Gasteiger partial charge in [0.2, 0.25) is 4.73 Å². The van der Waals surface area contributed by atoms with E-state index in [-0.39, 0.29) is 0 Å². The van der Waals surface area contributed by atoms with Crippen LogP contribution in [0.15, 0.2) is 23.1 Å². The Morgan fingerprint density at radius 2 is 2.27 bits per heavy atom. The van der Waals surface area contributed by atoms with E-state index in [1.165, 1.54) is 5.56 Å². The van der Waals surface area contributed by atoms with Crippen LogP contribution in [0.4, 0.5) is 0 Å². The highest BCUT2D eigenvalue weighted by atomic mass is 79.9. The predicted molar refractivity (Wildman–Crippen MR) is 45.4 cm³/mol. The molecule has 0 spiro atoms. The van der Waals surface area contributed by atoms with Gasteiger partial charge in [-0.2, -0.15) is 0 Å². The third-order valence-electron chi connectivity index (χ3n) is 1.52. The van der Waals surface area contributed by atoms with Crippen LogP contribution in [-0.4, -0.2) is 14.6 Å². The first-order valence-corrected chi connectivity index (χ1v) is 4.03. The Hall–Kier alpha value is -0.900. The average molecular weight is 212 g/mol. The van der Waals surface area contributed by atoms with E-state index in [9.17, 15) is 0 Å². The largest absolute Gasteiger partial charge is 0.277 e. The summed E-state index contributed by atoms with van der Waals surface area (Å²) in [5, 5.41) is 7.81. The lowest BCUT2D eigenvalue weighted by atomic mass is 10.3. The maximum absolute atomic E-state index is 3.95. The van der Waals surface area contributed by atoms with Gasteiger partial charge >= 0.3 is 0 Å². The minimum absolute atomic E-state index is 0.743. The van der Waals surface area contributed by atoms with Gasteiger partial charge in [-0.05, 0) is 40.5 Å². The number of nitrogens with zero attached hydrogens (tertiary/aromatic N) is 3. The summed E-state index contributed by atoms with van der Waals surface area (Å²) in [5.74, 6) is 0. The van der Waals surface area contributed by atoms with Crippen LogP contribution < -0.4 is 0 Å². The summed E-state index contributed by atoms with van der Waals surface area (Å²) in [6.45, 7) is 2.03. The fourth-order valence-corrected chi connectivity index (χ4v) is 1.34. The zero-order valence-corrected chi connectivity index (χ0v) is 7.54. The van der Waals surface area contributed by atoms with Crippen molar-refractivity contribution in [3.63, 3.8) is 0 Å². The van der Waals surface area contributed by atoms with Gasteiger partial charge in [0, 0.05) is 6.20 Å². The van der Waals surface area contributed by atoms with Crippen molar-refractivity contribution in [2.45, 2.75) is 6.92 Å². The smallest absolute Gasteiger partial charge is 0.204 e. The minimum Gasteiger partial charge on any atom is -0.277 e. The molecule has 0 aliphatic carbocycles. The van der Waals surface area contributed by atoms with Crippen LogP contribution >= 0.6 is 15.9 Å². The summed E-state index contributed by atoms with van der Waals surface area (Å²) >= 11 is 3.28. The molecule has 0 radical (unpaired) electrons. The fourth-order valence-electron chi connectivity index (χ4n) is 0.964. The first-order chi connectivity index (χ1) is 5.27. The Morgan fingerprint density at radius 1 is 1.45 bits per heavy atom. The lowest BCUT2D eigenvalue weighted by molar-refractivity contribution is 1.05. The molecule has 0 N–H and O–H groups in total. The van der Waals surface area contributed by atoms with Crippen molar-refractivity contribution in [3.8, 4) is 0 Å². The van der Waals surface area contributed by atoms with Crippen LogP contribution in [0.2, 0.25) is 0 Å². The van der Waals surface area contributed by atoms with Gasteiger partial charge in [0.15, 0.2) is 5.65 Å².